The molecule has 3 aromatic rings. The van der Waals surface area contributed by atoms with Crippen LogP contribution in [0.1, 0.15) is 30.9 Å². The fraction of sp³-hybridized carbons (Fsp3) is 0.167. The molecule has 0 unspecified atom stereocenters. The van der Waals surface area contributed by atoms with Crippen molar-refractivity contribution in [2.45, 2.75) is 19.8 Å². The largest absolute Gasteiger partial charge is 0.361 e. The van der Waals surface area contributed by atoms with E-state index in [0.29, 0.717) is 5.92 Å². The van der Waals surface area contributed by atoms with Crippen LogP contribution in [0.2, 0.25) is 0 Å². The lowest BCUT2D eigenvalue weighted by Crippen LogP contribution is -1.84. The third kappa shape index (κ3) is 2.50. The Balaban J connectivity index is 1.86. The highest BCUT2D eigenvalue weighted by atomic mass is 14.7. The third-order valence-corrected chi connectivity index (χ3v) is 3.53. The second-order valence-electron chi connectivity index (χ2n) is 5.29. The Hall–Kier alpha value is -2.35. The van der Waals surface area contributed by atoms with E-state index in [2.05, 4.69) is 60.2 Å². The first-order chi connectivity index (χ1) is 9.74. The van der Waals surface area contributed by atoms with Gasteiger partial charge in [0.1, 0.15) is 0 Å². The number of aliphatic imine (C=N–C) groups is 1. The van der Waals surface area contributed by atoms with E-state index in [-0.39, 0.29) is 0 Å². The van der Waals surface area contributed by atoms with Crippen molar-refractivity contribution in [2.75, 3.05) is 0 Å². The monoisotopic (exact) mass is 262 g/mol. The first kappa shape index (κ1) is 12.7. The van der Waals surface area contributed by atoms with Crippen LogP contribution in [0, 0.1) is 0 Å². The molecule has 0 radical (unpaired) electrons. The number of aromatic amines is 1. The molecular formula is C18H18N2. The number of H-pyrrole nitrogens is 1. The molecule has 0 spiro atoms. The topological polar surface area (TPSA) is 28.1 Å². The molecule has 0 bridgehead atoms. The van der Waals surface area contributed by atoms with Gasteiger partial charge in [-0.1, -0.05) is 44.2 Å². The Labute approximate surface area is 119 Å². The molecule has 0 aliphatic heterocycles. The summed E-state index contributed by atoms with van der Waals surface area (Å²) in [5, 5.41) is 1.20. The van der Waals surface area contributed by atoms with Crippen LogP contribution in [-0.2, 0) is 0 Å². The number of nitrogens with zero attached hydrogens (tertiary/aromatic N) is 1. The standard InChI is InChI=1S/C18H18N2/c1-13(2)14-7-9-16(10-8-14)19-11-15-12-20-18-6-4-3-5-17(15)18/h3-13,20H,1-2H3. The van der Waals surface area contributed by atoms with E-state index in [9.17, 15) is 0 Å². The summed E-state index contributed by atoms with van der Waals surface area (Å²) in [7, 11) is 0. The summed E-state index contributed by atoms with van der Waals surface area (Å²) in [5.74, 6) is 0.557. The van der Waals surface area contributed by atoms with Crippen LogP contribution >= 0.6 is 0 Å². The number of fused-ring (bicyclic) bond motifs is 1. The fourth-order valence-electron chi connectivity index (χ4n) is 2.29. The SMILES string of the molecule is CC(C)c1ccc(N=Cc2c[nH]c3ccccc23)cc1. The van der Waals surface area contributed by atoms with Crippen LogP contribution in [0.4, 0.5) is 5.69 Å². The fourth-order valence-corrected chi connectivity index (χ4v) is 2.29. The van der Waals surface area contributed by atoms with Crippen LogP contribution in [-0.4, -0.2) is 11.2 Å². The smallest absolute Gasteiger partial charge is 0.0630 e. The second-order valence-corrected chi connectivity index (χ2v) is 5.29. The van der Waals surface area contributed by atoms with Gasteiger partial charge in [0.05, 0.1) is 5.69 Å². The van der Waals surface area contributed by atoms with Gasteiger partial charge in [0.15, 0.2) is 0 Å². The van der Waals surface area contributed by atoms with E-state index >= 15 is 0 Å². The molecule has 1 heterocycles. The summed E-state index contributed by atoms with van der Waals surface area (Å²) < 4.78 is 0. The van der Waals surface area contributed by atoms with Gasteiger partial charge in [-0.05, 0) is 29.7 Å². The molecular weight excluding hydrogens is 244 g/mol. The summed E-state index contributed by atoms with van der Waals surface area (Å²) in [6.07, 6.45) is 3.92. The molecule has 2 nitrogen and oxygen atoms in total. The Morgan fingerprint density at radius 1 is 1.00 bits per heavy atom. The van der Waals surface area contributed by atoms with E-state index in [1.54, 1.807) is 0 Å². The van der Waals surface area contributed by atoms with E-state index in [1.165, 1.54) is 10.9 Å². The normalized spacial score (nSPS) is 11.8. The second kappa shape index (κ2) is 5.33. The van der Waals surface area contributed by atoms with Crippen molar-refractivity contribution in [2.24, 2.45) is 4.99 Å². The van der Waals surface area contributed by atoms with Crippen molar-refractivity contribution in [1.82, 2.24) is 4.98 Å². The molecule has 1 aromatic heterocycles. The Morgan fingerprint density at radius 2 is 1.75 bits per heavy atom. The summed E-state index contributed by atoms with van der Waals surface area (Å²) in [6, 6.07) is 16.7. The van der Waals surface area contributed by atoms with E-state index in [0.717, 1.165) is 16.8 Å². The molecule has 2 heteroatoms. The maximum Gasteiger partial charge on any atom is 0.0630 e. The van der Waals surface area contributed by atoms with E-state index < -0.39 is 0 Å². The highest BCUT2D eigenvalue weighted by molar-refractivity contribution is 5.99. The predicted octanol–water partition coefficient (Wildman–Crippen LogP) is 5.04. The quantitative estimate of drug-likeness (QED) is 0.640. The minimum atomic E-state index is 0.557. The van der Waals surface area contributed by atoms with Gasteiger partial charge < -0.3 is 4.98 Å². The van der Waals surface area contributed by atoms with Gasteiger partial charge in [0.2, 0.25) is 0 Å². The zero-order chi connectivity index (χ0) is 13.9. The minimum absolute atomic E-state index is 0.557. The number of nitrogens with one attached hydrogen (secondary N) is 1. The molecule has 0 fully saturated rings. The van der Waals surface area contributed by atoms with Gasteiger partial charge in [-0.3, -0.25) is 4.99 Å². The van der Waals surface area contributed by atoms with Crippen molar-refractivity contribution in [3.63, 3.8) is 0 Å². The number of rotatable bonds is 3. The summed E-state index contributed by atoms with van der Waals surface area (Å²) >= 11 is 0. The molecule has 0 atom stereocenters. The van der Waals surface area contributed by atoms with Crippen LogP contribution in [0.5, 0.6) is 0 Å². The highest BCUT2D eigenvalue weighted by Gasteiger charge is 2.00. The van der Waals surface area contributed by atoms with E-state index in [4.69, 9.17) is 0 Å². The summed E-state index contributed by atoms with van der Waals surface area (Å²) in [5.41, 5.74) is 4.59. The van der Waals surface area contributed by atoms with Gasteiger partial charge in [0.25, 0.3) is 0 Å². The summed E-state index contributed by atoms with van der Waals surface area (Å²) in [6.45, 7) is 4.40. The van der Waals surface area contributed by atoms with Crippen molar-refractivity contribution in [1.29, 1.82) is 0 Å². The van der Waals surface area contributed by atoms with Crippen molar-refractivity contribution >= 4 is 22.8 Å². The molecule has 1 N–H and O–H groups in total. The number of aromatic nitrogens is 1. The zero-order valence-corrected chi connectivity index (χ0v) is 11.8. The third-order valence-electron chi connectivity index (χ3n) is 3.53. The Morgan fingerprint density at radius 3 is 2.50 bits per heavy atom. The predicted molar refractivity (Wildman–Crippen MR) is 86.1 cm³/mol. The van der Waals surface area contributed by atoms with Gasteiger partial charge in [0, 0.05) is 28.9 Å². The van der Waals surface area contributed by atoms with Crippen LogP contribution in [0.25, 0.3) is 10.9 Å². The van der Waals surface area contributed by atoms with Crippen LogP contribution in [0.3, 0.4) is 0 Å². The number of benzene rings is 2. The molecule has 0 aliphatic carbocycles. The molecule has 3 rings (SSSR count). The molecule has 0 aliphatic rings. The van der Waals surface area contributed by atoms with Gasteiger partial charge in [-0.2, -0.15) is 0 Å². The maximum atomic E-state index is 4.55. The van der Waals surface area contributed by atoms with Crippen molar-refractivity contribution < 1.29 is 0 Å². The van der Waals surface area contributed by atoms with Gasteiger partial charge >= 0.3 is 0 Å². The number of para-hydroxylation sites is 1. The van der Waals surface area contributed by atoms with E-state index in [1.807, 2.05) is 24.5 Å². The van der Waals surface area contributed by atoms with Crippen LogP contribution < -0.4 is 0 Å². The van der Waals surface area contributed by atoms with Crippen molar-refractivity contribution in [3.05, 3.63) is 65.9 Å². The first-order valence-electron chi connectivity index (χ1n) is 6.94. The maximum absolute atomic E-state index is 4.55. The molecule has 100 valence electrons. The zero-order valence-electron chi connectivity index (χ0n) is 11.8. The Kier molecular flexibility index (Phi) is 3.38. The molecule has 0 saturated carbocycles. The molecule has 0 amide bonds. The number of hydrogen-bond donors (Lipinski definition) is 1. The Bertz CT molecular complexity index is 733. The first-order valence-corrected chi connectivity index (χ1v) is 6.94. The highest BCUT2D eigenvalue weighted by Crippen LogP contribution is 2.20. The van der Waals surface area contributed by atoms with Gasteiger partial charge in [-0.25, -0.2) is 0 Å². The molecule has 20 heavy (non-hydrogen) atoms. The average Bonchev–Trinajstić information content (AvgIpc) is 2.89. The average molecular weight is 262 g/mol. The van der Waals surface area contributed by atoms with Gasteiger partial charge in [-0.15, -0.1) is 0 Å². The lowest BCUT2D eigenvalue weighted by atomic mass is 10.0. The lowest BCUT2D eigenvalue weighted by Gasteiger charge is -2.04. The minimum Gasteiger partial charge on any atom is -0.361 e. The molecule has 2 aromatic carbocycles. The number of hydrogen-bond acceptors (Lipinski definition) is 1. The van der Waals surface area contributed by atoms with Crippen molar-refractivity contribution in [3.8, 4) is 0 Å². The lowest BCUT2D eigenvalue weighted by molar-refractivity contribution is 0.867. The molecule has 0 saturated heterocycles. The summed E-state index contributed by atoms with van der Waals surface area (Å²) in [4.78, 5) is 7.81. The van der Waals surface area contributed by atoms with Crippen LogP contribution in [0.15, 0.2) is 59.7 Å².